The summed E-state index contributed by atoms with van der Waals surface area (Å²) in [6.45, 7) is 5.58. The van der Waals surface area contributed by atoms with Gasteiger partial charge >= 0.3 is 5.97 Å². The highest BCUT2D eigenvalue weighted by Gasteiger charge is 2.16. The molecule has 0 saturated carbocycles. The molecule has 0 atom stereocenters. The van der Waals surface area contributed by atoms with Crippen LogP contribution >= 0.6 is 11.8 Å². The summed E-state index contributed by atoms with van der Waals surface area (Å²) < 4.78 is 5.30. The van der Waals surface area contributed by atoms with E-state index in [-0.39, 0.29) is 11.7 Å². The number of ether oxygens (including phenoxy) is 1. The molecule has 4 nitrogen and oxygen atoms in total. The maximum absolute atomic E-state index is 11.7. The zero-order valence-corrected chi connectivity index (χ0v) is 12.7. The Bertz CT molecular complexity index is 635. The molecule has 5 heteroatoms. The fraction of sp³-hybridized carbons (Fsp3) is 0.333. The summed E-state index contributed by atoms with van der Waals surface area (Å²) in [5.41, 5.74) is 6.81. The number of hydrogen-bond donors (Lipinski definition) is 1. The normalized spacial score (nSPS) is 11.6. The molecule has 2 rings (SSSR count). The Morgan fingerprint density at radius 2 is 2.10 bits per heavy atom. The Kier molecular flexibility index (Phi) is 4.18. The van der Waals surface area contributed by atoms with E-state index in [2.05, 4.69) is 4.98 Å². The van der Waals surface area contributed by atoms with E-state index in [1.54, 1.807) is 6.20 Å². The molecule has 20 heavy (non-hydrogen) atoms. The van der Waals surface area contributed by atoms with Gasteiger partial charge in [-0.15, -0.1) is 11.8 Å². The van der Waals surface area contributed by atoms with E-state index in [1.165, 1.54) is 11.8 Å². The van der Waals surface area contributed by atoms with Crippen molar-refractivity contribution in [3.05, 3.63) is 30.5 Å². The first-order valence-corrected chi connectivity index (χ1v) is 7.32. The van der Waals surface area contributed by atoms with Gasteiger partial charge in [0, 0.05) is 22.2 Å². The molecule has 0 aliphatic heterocycles. The Morgan fingerprint density at radius 3 is 2.80 bits per heavy atom. The molecule has 0 unspecified atom stereocenters. The van der Waals surface area contributed by atoms with E-state index in [9.17, 15) is 4.79 Å². The van der Waals surface area contributed by atoms with Gasteiger partial charge in [-0.3, -0.25) is 9.78 Å². The van der Waals surface area contributed by atoms with Gasteiger partial charge in [0.05, 0.1) is 11.3 Å². The predicted molar refractivity (Wildman–Crippen MR) is 82.7 cm³/mol. The number of nitrogens with two attached hydrogens (primary N) is 1. The monoisotopic (exact) mass is 290 g/mol. The maximum Gasteiger partial charge on any atom is 0.316 e. The smallest absolute Gasteiger partial charge is 0.316 e. The molecule has 1 aromatic heterocycles. The number of anilines is 1. The van der Waals surface area contributed by atoms with Gasteiger partial charge in [0.15, 0.2) is 0 Å². The molecule has 0 bridgehead atoms. The van der Waals surface area contributed by atoms with Gasteiger partial charge < -0.3 is 10.5 Å². The third-order valence-corrected chi connectivity index (χ3v) is 3.54. The van der Waals surface area contributed by atoms with E-state index in [4.69, 9.17) is 10.5 Å². The summed E-state index contributed by atoms with van der Waals surface area (Å²) in [6.07, 6.45) is 1.72. The molecule has 0 spiro atoms. The summed E-state index contributed by atoms with van der Waals surface area (Å²) in [5, 5.41) is 0.996. The van der Waals surface area contributed by atoms with Crippen LogP contribution in [-0.4, -0.2) is 22.3 Å². The van der Waals surface area contributed by atoms with Crippen LogP contribution in [0.5, 0.6) is 0 Å². The number of carbonyl (C=O) groups excluding carboxylic acids is 1. The molecular weight excluding hydrogens is 272 g/mol. The van der Waals surface area contributed by atoms with Crippen LogP contribution in [-0.2, 0) is 9.53 Å². The largest absolute Gasteiger partial charge is 0.459 e. The molecule has 2 aromatic rings. The minimum absolute atomic E-state index is 0.220. The van der Waals surface area contributed by atoms with Gasteiger partial charge in [-0.05, 0) is 45.0 Å². The van der Waals surface area contributed by atoms with Crippen molar-refractivity contribution in [2.75, 3.05) is 11.5 Å². The highest BCUT2D eigenvalue weighted by Crippen LogP contribution is 2.28. The standard InChI is InChI=1S/C15H18N2O2S/c1-15(2,3)19-14(18)9-20-13-6-7-17-12-8-10(16)4-5-11(12)13/h4-8H,9,16H2,1-3H3. The summed E-state index contributed by atoms with van der Waals surface area (Å²) in [7, 11) is 0. The van der Waals surface area contributed by atoms with Crippen LogP contribution in [0.2, 0.25) is 0 Å². The third-order valence-electron chi connectivity index (χ3n) is 2.49. The average Bonchev–Trinajstić information content (AvgIpc) is 2.33. The van der Waals surface area contributed by atoms with Crippen molar-refractivity contribution in [3.63, 3.8) is 0 Å². The molecule has 0 radical (unpaired) electrons. The Morgan fingerprint density at radius 1 is 1.35 bits per heavy atom. The van der Waals surface area contributed by atoms with Crippen LogP contribution in [0.3, 0.4) is 0 Å². The van der Waals surface area contributed by atoms with Crippen LogP contribution in [0, 0.1) is 0 Å². The van der Waals surface area contributed by atoms with Crippen molar-refractivity contribution in [2.45, 2.75) is 31.3 Å². The summed E-state index contributed by atoms with van der Waals surface area (Å²) in [4.78, 5) is 17.0. The molecule has 2 N–H and O–H groups in total. The van der Waals surface area contributed by atoms with Crippen LogP contribution in [0.15, 0.2) is 35.4 Å². The van der Waals surface area contributed by atoms with Gasteiger partial charge in [-0.1, -0.05) is 0 Å². The van der Waals surface area contributed by atoms with Gasteiger partial charge in [0.1, 0.15) is 5.60 Å². The first-order chi connectivity index (χ1) is 9.35. The van der Waals surface area contributed by atoms with Crippen molar-refractivity contribution in [1.82, 2.24) is 4.98 Å². The lowest BCUT2D eigenvalue weighted by atomic mass is 10.2. The number of nitrogen functional groups attached to an aromatic ring is 1. The second kappa shape index (κ2) is 5.71. The van der Waals surface area contributed by atoms with Gasteiger partial charge in [-0.25, -0.2) is 0 Å². The van der Waals surface area contributed by atoms with Gasteiger partial charge in [0.2, 0.25) is 0 Å². The number of hydrogen-bond acceptors (Lipinski definition) is 5. The lowest BCUT2D eigenvalue weighted by Crippen LogP contribution is -2.24. The summed E-state index contributed by atoms with van der Waals surface area (Å²) in [5.74, 6) is 0.0590. The van der Waals surface area contributed by atoms with Crippen LogP contribution < -0.4 is 5.73 Å². The van der Waals surface area contributed by atoms with Crippen molar-refractivity contribution in [3.8, 4) is 0 Å². The van der Waals surface area contributed by atoms with Crippen LogP contribution in [0.1, 0.15) is 20.8 Å². The fourth-order valence-corrected chi connectivity index (χ4v) is 2.59. The van der Waals surface area contributed by atoms with Gasteiger partial charge in [-0.2, -0.15) is 0 Å². The lowest BCUT2D eigenvalue weighted by molar-refractivity contribution is -0.151. The molecule has 106 valence electrons. The molecule has 0 saturated heterocycles. The lowest BCUT2D eigenvalue weighted by Gasteiger charge is -2.19. The number of thioether (sulfide) groups is 1. The van der Waals surface area contributed by atoms with Crippen LogP contribution in [0.4, 0.5) is 5.69 Å². The highest BCUT2D eigenvalue weighted by molar-refractivity contribution is 8.00. The number of benzene rings is 1. The molecule has 0 aliphatic rings. The number of esters is 1. The number of nitrogens with zero attached hydrogens (tertiary/aromatic N) is 1. The molecule has 0 amide bonds. The summed E-state index contributed by atoms with van der Waals surface area (Å²) in [6, 6.07) is 7.48. The van der Waals surface area contributed by atoms with E-state index in [0.717, 1.165) is 15.8 Å². The fourth-order valence-electron chi connectivity index (χ4n) is 1.77. The molecule has 0 fully saturated rings. The molecule has 0 aliphatic carbocycles. The zero-order valence-electron chi connectivity index (χ0n) is 11.8. The van der Waals surface area contributed by atoms with Crippen molar-refractivity contribution >= 4 is 34.3 Å². The Balaban J connectivity index is 2.12. The maximum atomic E-state index is 11.7. The topological polar surface area (TPSA) is 65.2 Å². The highest BCUT2D eigenvalue weighted by atomic mass is 32.2. The van der Waals surface area contributed by atoms with Crippen LogP contribution in [0.25, 0.3) is 10.9 Å². The molecule has 1 heterocycles. The number of carbonyl (C=O) groups is 1. The van der Waals surface area contributed by atoms with Crippen molar-refractivity contribution < 1.29 is 9.53 Å². The first-order valence-electron chi connectivity index (χ1n) is 6.34. The van der Waals surface area contributed by atoms with E-state index >= 15 is 0 Å². The molecular formula is C15H18N2O2S. The summed E-state index contributed by atoms with van der Waals surface area (Å²) >= 11 is 1.45. The number of fused-ring (bicyclic) bond motifs is 1. The predicted octanol–water partition coefficient (Wildman–Crippen LogP) is 3.25. The van der Waals surface area contributed by atoms with E-state index < -0.39 is 5.60 Å². The minimum Gasteiger partial charge on any atom is -0.459 e. The first kappa shape index (κ1) is 14.7. The zero-order chi connectivity index (χ0) is 14.8. The van der Waals surface area contributed by atoms with E-state index in [1.807, 2.05) is 45.0 Å². The molecule has 1 aromatic carbocycles. The minimum atomic E-state index is -0.452. The van der Waals surface area contributed by atoms with E-state index in [0.29, 0.717) is 5.69 Å². The van der Waals surface area contributed by atoms with Crippen molar-refractivity contribution in [2.24, 2.45) is 0 Å². The Labute approximate surface area is 122 Å². The van der Waals surface area contributed by atoms with Gasteiger partial charge in [0.25, 0.3) is 0 Å². The Hall–Kier alpha value is -1.75. The average molecular weight is 290 g/mol. The second-order valence-corrected chi connectivity index (χ2v) is 6.48. The third kappa shape index (κ3) is 3.87. The number of pyridine rings is 1. The number of rotatable bonds is 3. The van der Waals surface area contributed by atoms with Crippen molar-refractivity contribution in [1.29, 1.82) is 0 Å². The second-order valence-electron chi connectivity index (χ2n) is 5.46. The quantitative estimate of drug-likeness (QED) is 0.534. The SMILES string of the molecule is CC(C)(C)OC(=O)CSc1ccnc2cc(N)ccc12. The number of aromatic nitrogens is 1.